The average molecular weight is 332 g/mol. The predicted molar refractivity (Wildman–Crippen MR) is 92.5 cm³/mol. The summed E-state index contributed by atoms with van der Waals surface area (Å²) in [6, 6.07) is 12.0. The Labute approximate surface area is 140 Å². The van der Waals surface area contributed by atoms with E-state index in [1.807, 2.05) is 31.2 Å². The lowest BCUT2D eigenvalue weighted by Gasteiger charge is -2.19. The number of hydrogen-bond donors (Lipinski definition) is 2. The highest BCUT2D eigenvalue weighted by atomic mass is 35.5. The van der Waals surface area contributed by atoms with Crippen LogP contribution in [0.4, 0.5) is 5.69 Å². The Morgan fingerprint density at radius 1 is 1.13 bits per heavy atom. The number of benzene rings is 2. The third-order valence-electron chi connectivity index (χ3n) is 4.05. The molecule has 120 valence electrons. The number of hydrogen-bond acceptors (Lipinski definition) is 5. The Balaban J connectivity index is 0.00000156. The van der Waals surface area contributed by atoms with Crippen LogP contribution in [-0.4, -0.2) is 12.5 Å². The van der Waals surface area contributed by atoms with E-state index in [0.29, 0.717) is 0 Å². The molecule has 2 aromatic carbocycles. The topological polar surface area (TPSA) is 68.9 Å². The highest BCUT2D eigenvalue weighted by molar-refractivity contribution is 5.85. The highest BCUT2D eigenvalue weighted by Gasteiger charge is 2.25. The van der Waals surface area contributed by atoms with E-state index in [-0.39, 0.29) is 25.2 Å². The number of anilines is 1. The maximum atomic E-state index is 5.79. The summed E-state index contributed by atoms with van der Waals surface area (Å²) in [5.41, 5.74) is 14.3. The van der Waals surface area contributed by atoms with Crippen LogP contribution in [0.25, 0.3) is 0 Å². The first kappa shape index (κ1) is 15.5. The van der Waals surface area contributed by atoms with Gasteiger partial charge in [-0.1, -0.05) is 12.1 Å². The lowest BCUT2D eigenvalue weighted by atomic mass is 9.92. The van der Waals surface area contributed by atoms with E-state index in [4.69, 9.17) is 15.2 Å². The van der Waals surface area contributed by atoms with E-state index >= 15 is 0 Å². The minimum atomic E-state index is -0.0254. The van der Waals surface area contributed by atoms with Gasteiger partial charge in [0.25, 0.3) is 0 Å². The lowest BCUT2D eigenvalue weighted by Crippen LogP contribution is -2.17. The number of hydrazone groups is 1. The van der Waals surface area contributed by atoms with Crippen molar-refractivity contribution in [2.45, 2.75) is 19.4 Å². The minimum Gasteiger partial charge on any atom is -0.454 e. The van der Waals surface area contributed by atoms with Gasteiger partial charge in [-0.2, -0.15) is 5.10 Å². The summed E-state index contributed by atoms with van der Waals surface area (Å²) in [7, 11) is 0. The van der Waals surface area contributed by atoms with E-state index < -0.39 is 0 Å². The molecule has 0 aromatic heterocycles. The molecule has 6 heteroatoms. The van der Waals surface area contributed by atoms with Crippen molar-refractivity contribution >= 4 is 23.8 Å². The van der Waals surface area contributed by atoms with E-state index in [1.54, 1.807) is 0 Å². The zero-order chi connectivity index (χ0) is 15.1. The van der Waals surface area contributed by atoms with Gasteiger partial charge in [0.2, 0.25) is 6.79 Å². The van der Waals surface area contributed by atoms with Gasteiger partial charge >= 0.3 is 0 Å². The van der Waals surface area contributed by atoms with Gasteiger partial charge in [0.05, 0.1) is 6.04 Å². The van der Waals surface area contributed by atoms with Gasteiger partial charge in [0.1, 0.15) is 0 Å². The SMILES string of the molecule is CC1=NNC(c2ccc(N)cc2)c2cc3c(cc2C1)OCO3.Cl. The Morgan fingerprint density at radius 3 is 2.57 bits per heavy atom. The van der Waals surface area contributed by atoms with Crippen molar-refractivity contribution in [2.75, 3.05) is 12.5 Å². The number of nitrogens with zero attached hydrogens (tertiary/aromatic N) is 1. The molecule has 5 nitrogen and oxygen atoms in total. The Kier molecular flexibility index (Phi) is 4.05. The Morgan fingerprint density at radius 2 is 1.83 bits per heavy atom. The maximum absolute atomic E-state index is 5.79. The molecule has 23 heavy (non-hydrogen) atoms. The third-order valence-corrected chi connectivity index (χ3v) is 4.05. The van der Waals surface area contributed by atoms with E-state index in [1.165, 1.54) is 5.56 Å². The van der Waals surface area contributed by atoms with E-state index in [2.05, 4.69) is 22.7 Å². The number of halogens is 1. The second-order valence-corrected chi connectivity index (χ2v) is 5.66. The van der Waals surface area contributed by atoms with Crippen molar-refractivity contribution < 1.29 is 9.47 Å². The fraction of sp³-hybridized carbons (Fsp3) is 0.235. The quantitative estimate of drug-likeness (QED) is 0.788. The molecular formula is C17H18ClN3O2. The number of ether oxygens (including phenoxy) is 2. The van der Waals surface area contributed by atoms with Crippen LogP contribution in [0.1, 0.15) is 29.7 Å². The summed E-state index contributed by atoms with van der Waals surface area (Å²) in [6.07, 6.45) is 0.796. The van der Waals surface area contributed by atoms with Crippen LogP contribution in [0.15, 0.2) is 41.5 Å². The second-order valence-electron chi connectivity index (χ2n) is 5.66. The molecule has 0 amide bonds. The molecule has 1 unspecified atom stereocenters. The smallest absolute Gasteiger partial charge is 0.231 e. The van der Waals surface area contributed by atoms with Gasteiger partial charge in [-0.3, -0.25) is 5.43 Å². The van der Waals surface area contributed by atoms with Crippen molar-refractivity contribution in [3.63, 3.8) is 0 Å². The number of nitrogens with two attached hydrogens (primary N) is 1. The van der Waals surface area contributed by atoms with Crippen molar-refractivity contribution in [2.24, 2.45) is 5.10 Å². The summed E-state index contributed by atoms with van der Waals surface area (Å²) in [6.45, 7) is 2.30. The molecule has 3 N–H and O–H groups in total. The lowest BCUT2D eigenvalue weighted by molar-refractivity contribution is 0.174. The molecule has 1 atom stereocenters. The molecule has 0 aliphatic carbocycles. The van der Waals surface area contributed by atoms with Crippen LogP contribution in [0.5, 0.6) is 11.5 Å². The summed E-state index contributed by atoms with van der Waals surface area (Å²) < 4.78 is 11.0. The molecule has 2 aliphatic heterocycles. The van der Waals surface area contributed by atoms with Crippen molar-refractivity contribution in [3.05, 3.63) is 53.1 Å². The van der Waals surface area contributed by atoms with Gasteiger partial charge in [0, 0.05) is 17.8 Å². The third kappa shape index (κ3) is 2.80. The van der Waals surface area contributed by atoms with Gasteiger partial charge in [-0.25, -0.2) is 0 Å². The number of fused-ring (bicyclic) bond motifs is 2. The predicted octanol–water partition coefficient (Wildman–Crippen LogP) is 3.03. The van der Waals surface area contributed by atoms with Crippen molar-refractivity contribution in [1.82, 2.24) is 5.43 Å². The van der Waals surface area contributed by atoms with Gasteiger partial charge in [-0.05, 0) is 47.9 Å². The molecule has 0 saturated heterocycles. The molecule has 2 aromatic rings. The molecular weight excluding hydrogens is 314 g/mol. The molecule has 0 saturated carbocycles. The van der Waals surface area contributed by atoms with Crippen LogP contribution in [-0.2, 0) is 6.42 Å². The molecule has 0 fully saturated rings. The zero-order valence-electron chi connectivity index (χ0n) is 12.7. The molecule has 0 spiro atoms. The molecule has 0 bridgehead atoms. The highest BCUT2D eigenvalue weighted by Crippen LogP contribution is 2.39. The van der Waals surface area contributed by atoms with Gasteiger partial charge < -0.3 is 15.2 Å². The Hall–Kier alpha value is -2.40. The van der Waals surface area contributed by atoms with Crippen LogP contribution in [0.3, 0.4) is 0 Å². The average Bonchev–Trinajstić information content (AvgIpc) is 2.89. The minimum absolute atomic E-state index is 0. The van der Waals surface area contributed by atoms with Crippen molar-refractivity contribution in [3.8, 4) is 11.5 Å². The number of rotatable bonds is 1. The number of nitrogens with one attached hydrogen (secondary N) is 1. The first-order chi connectivity index (χ1) is 10.7. The second kappa shape index (κ2) is 6.01. The monoisotopic (exact) mass is 331 g/mol. The van der Waals surface area contributed by atoms with Crippen LogP contribution in [0, 0.1) is 0 Å². The molecule has 0 radical (unpaired) electrons. The summed E-state index contributed by atoms with van der Waals surface area (Å²) >= 11 is 0. The number of nitrogen functional groups attached to an aromatic ring is 1. The molecule has 4 rings (SSSR count). The van der Waals surface area contributed by atoms with Gasteiger partial charge in [0.15, 0.2) is 11.5 Å². The normalized spacial score (nSPS) is 18.1. The van der Waals surface area contributed by atoms with E-state index in [0.717, 1.165) is 40.4 Å². The van der Waals surface area contributed by atoms with Gasteiger partial charge in [-0.15, -0.1) is 12.4 Å². The first-order valence-electron chi connectivity index (χ1n) is 7.27. The first-order valence-corrected chi connectivity index (χ1v) is 7.27. The molecule has 2 heterocycles. The largest absolute Gasteiger partial charge is 0.454 e. The standard InChI is InChI=1S/C17H17N3O2.ClH/c1-10-6-12-7-15-16(22-9-21-15)8-14(12)17(20-19-10)11-2-4-13(18)5-3-11;/h2-5,7-8,17,20H,6,9,18H2,1H3;1H. The summed E-state index contributed by atoms with van der Waals surface area (Å²) in [4.78, 5) is 0. The fourth-order valence-corrected chi connectivity index (χ4v) is 2.92. The maximum Gasteiger partial charge on any atom is 0.231 e. The van der Waals surface area contributed by atoms with Crippen LogP contribution < -0.4 is 20.6 Å². The summed E-state index contributed by atoms with van der Waals surface area (Å²) in [5, 5.41) is 4.48. The Bertz CT molecular complexity index is 759. The van der Waals surface area contributed by atoms with Crippen LogP contribution >= 0.6 is 12.4 Å². The zero-order valence-corrected chi connectivity index (χ0v) is 13.5. The fourth-order valence-electron chi connectivity index (χ4n) is 2.92. The molecule has 2 aliphatic rings. The van der Waals surface area contributed by atoms with Crippen molar-refractivity contribution in [1.29, 1.82) is 0 Å². The van der Waals surface area contributed by atoms with Crippen LogP contribution in [0.2, 0.25) is 0 Å². The summed E-state index contributed by atoms with van der Waals surface area (Å²) in [5.74, 6) is 1.60. The van der Waals surface area contributed by atoms with E-state index in [9.17, 15) is 0 Å².